The van der Waals surface area contributed by atoms with E-state index in [2.05, 4.69) is 15.5 Å². The molecule has 1 unspecified atom stereocenters. The van der Waals surface area contributed by atoms with Crippen LogP contribution in [0.1, 0.15) is 36.1 Å². The minimum Gasteiger partial charge on any atom is -0.399 e. The van der Waals surface area contributed by atoms with E-state index < -0.39 is 0 Å². The summed E-state index contributed by atoms with van der Waals surface area (Å²) in [6.07, 6.45) is 2.13. The summed E-state index contributed by atoms with van der Waals surface area (Å²) >= 11 is 5.92. The van der Waals surface area contributed by atoms with Crippen LogP contribution in [0.4, 0.5) is 0 Å². The molecule has 3 rings (SSSR count). The average molecular weight is 386 g/mol. The van der Waals surface area contributed by atoms with Crippen LogP contribution in [0.25, 0.3) is 0 Å². The Kier molecular flexibility index (Phi) is 6.44. The minimum absolute atomic E-state index is 0.203. The number of benzene rings is 2. The van der Waals surface area contributed by atoms with Crippen LogP contribution in [0, 0.1) is 0 Å². The molecule has 140 valence electrons. The third-order valence-electron chi connectivity index (χ3n) is 4.03. The lowest BCUT2D eigenvalue weighted by atomic mass is 9.99. The van der Waals surface area contributed by atoms with Gasteiger partial charge in [-0.3, -0.25) is 0 Å². The average Bonchev–Trinajstić information content (AvgIpc) is 3.21. The molecule has 0 saturated carbocycles. The van der Waals surface area contributed by atoms with E-state index in [1.54, 1.807) is 6.21 Å². The summed E-state index contributed by atoms with van der Waals surface area (Å²) in [5.41, 5.74) is 4.04. The van der Waals surface area contributed by atoms with Gasteiger partial charge in [0.1, 0.15) is 31.2 Å². The molecule has 6 nitrogen and oxygen atoms in total. The number of hydrogen-bond acceptors (Lipinski definition) is 6. The van der Waals surface area contributed by atoms with Crippen molar-refractivity contribution in [3.05, 3.63) is 70.2 Å². The van der Waals surface area contributed by atoms with E-state index in [0.29, 0.717) is 23.8 Å². The van der Waals surface area contributed by atoms with Crippen molar-refractivity contribution in [3.63, 3.8) is 0 Å². The smallest absolute Gasteiger partial charge is 0.149 e. The van der Waals surface area contributed by atoms with Crippen molar-refractivity contribution in [2.24, 2.45) is 15.5 Å². The van der Waals surface area contributed by atoms with Gasteiger partial charge in [0.2, 0.25) is 0 Å². The lowest BCUT2D eigenvalue weighted by Gasteiger charge is -2.10. The van der Waals surface area contributed by atoms with Crippen molar-refractivity contribution in [3.8, 4) is 0 Å². The van der Waals surface area contributed by atoms with Gasteiger partial charge in [-0.25, -0.2) is 0 Å². The van der Waals surface area contributed by atoms with Gasteiger partial charge in [0.15, 0.2) is 0 Å². The zero-order chi connectivity index (χ0) is 19.1. The normalized spacial score (nSPS) is 15.4. The summed E-state index contributed by atoms with van der Waals surface area (Å²) in [6.45, 7) is 2.46. The number of oxime groups is 3. The molecule has 1 heterocycles. The second-order valence-corrected chi connectivity index (χ2v) is 6.30. The molecule has 0 amide bonds. The SMILES string of the molecule is CON=C(C1=NOCC1)c1ccccc1C=NOC(C)c1ccc(Cl)cc1. The van der Waals surface area contributed by atoms with Crippen molar-refractivity contribution in [1.82, 2.24) is 0 Å². The molecule has 1 aliphatic rings. The highest BCUT2D eigenvalue weighted by Gasteiger charge is 2.20. The van der Waals surface area contributed by atoms with Crippen molar-refractivity contribution < 1.29 is 14.5 Å². The maximum Gasteiger partial charge on any atom is 0.149 e. The molecule has 0 spiro atoms. The zero-order valence-corrected chi connectivity index (χ0v) is 15.9. The number of hydrogen-bond donors (Lipinski definition) is 0. The van der Waals surface area contributed by atoms with Crippen LogP contribution in [0.3, 0.4) is 0 Å². The Balaban J connectivity index is 1.78. The lowest BCUT2D eigenvalue weighted by Crippen LogP contribution is -2.16. The monoisotopic (exact) mass is 385 g/mol. The summed E-state index contributed by atoms with van der Waals surface area (Å²) in [4.78, 5) is 15.7. The summed E-state index contributed by atoms with van der Waals surface area (Å²) in [5.74, 6) is 0. The topological polar surface area (TPSA) is 64.8 Å². The van der Waals surface area contributed by atoms with Gasteiger partial charge >= 0.3 is 0 Å². The first-order valence-electron chi connectivity index (χ1n) is 8.53. The third-order valence-corrected chi connectivity index (χ3v) is 4.28. The molecule has 0 bridgehead atoms. The van der Waals surface area contributed by atoms with Gasteiger partial charge in [0, 0.05) is 22.6 Å². The Labute approximate surface area is 163 Å². The number of halogens is 1. The fourth-order valence-electron chi connectivity index (χ4n) is 2.62. The highest BCUT2D eigenvalue weighted by molar-refractivity contribution is 6.49. The molecule has 7 heteroatoms. The second kappa shape index (κ2) is 9.19. The molecule has 0 fully saturated rings. The predicted octanol–water partition coefficient (Wildman–Crippen LogP) is 4.58. The largest absolute Gasteiger partial charge is 0.399 e. The van der Waals surface area contributed by atoms with Gasteiger partial charge in [-0.2, -0.15) is 0 Å². The standard InChI is InChI=1S/C20H20ClN3O3/c1-14(15-7-9-17(21)10-8-15)27-22-13-16-5-3-4-6-18(16)20(24-25-2)19-11-12-26-23-19/h3-10,13-14H,11-12H2,1-2H3. The van der Waals surface area contributed by atoms with E-state index in [1.165, 1.54) is 7.11 Å². The highest BCUT2D eigenvalue weighted by atomic mass is 35.5. The molecule has 0 aromatic heterocycles. The molecular weight excluding hydrogens is 366 g/mol. The Morgan fingerprint density at radius 1 is 1.22 bits per heavy atom. The van der Waals surface area contributed by atoms with Crippen molar-refractivity contribution in [1.29, 1.82) is 0 Å². The van der Waals surface area contributed by atoms with E-state index in [9.17, 15) is 0 Å². The molecular formula is C20H20ClN3O3. The van der Waals surface area contributed by atoms with Crippen molar-refractivity contribution in [2.45, 2.75) is 19.4 Å². The Morgan fingerprint density at radius 3 is 2.70 bits per heavy atom. The van der Waals surface area contributed by atoms with Gasteiger partial charge in [0.05, 0.1) is 6.21 Å². The fraction of sp³-hybridized carbons (Fsp3) is 0.250. The maximum absolute atomic E-state index is 5.92. The quantitative estimate of drug-likeness (QED) is 0.517. The van der Waals surface area contributed by atoms with E-state index >= 15 is 0 Å². The molecule has 0 aliphatic carbocycles. The predicted molar refractivity (Wildman–Crippen MR) is 107 cm³/mol. The van der Waals surface area contributed by atoms with Gasteiger partial charge in [-0.05, 0) is 24.6 Å². The molecule has 27 heavy (non-hydrogen) atoms. The van der Waals surface area contributed by atoms with E-state index in [1.807, 2.05) is 55.5 Å². The van der Waals surface area contributed by atoms with Crippen LogP contribution in [-0.4, -0.2) is 31.4 Å². The van der Waals surface area contributed by atoms with E-state index in [0.717, 1.165) is 22.4 Å². The molecule has 1 atom stereocenters. The molecule has 2 aromatic carbocycles. The second-order valence-electron chi connectivity index (χ2n) is 5.86. The lowest BCUT2D eigenvalue weighted by molar-refractivity contribution is 0.0736. The number of rotatable bonds is 7. The molecule has 0 saturated heterocycles. The van der Waals surface area contributed by atoms with Crippen LogP contribution in [0.15, 0.2) is 64.0 Å². The number of nitrogens with zero attached hydrogens (tertiary/aromatic N) is 3. The van der Waals surface area contributed by atoms with Gasteiger partial charge in [-0.15, -0.1) is 0 Å². The Bertz CT molecular complexity index is 863. The van der Waals surface area contributed by atoms with Crippen molar-refractivity contribution in [2.75, 3.05) is 13.7 Å². The van der Waals surface area contributed by atoms with E-state index in [4.69, 9.17) is 26.1 Å². The Hall–Kier alpha value is -2.86. The fourth-order valence-corrected chi connectivity index (χ4v) is 2.75. The summed E-state index contributed by atoms with van der Waals surface area (Å²) in [5, 5.41) is 13.0. The van der Waals surface area contributed by atoms with Crippen molar-refractivity contribution >= 4 is 29.2 Å². The van der Waals surface area contributed by atoms with Gasteiger partial charge in [-0.1, -0.05) is 63.5 Å². The van der Waals surface area contributed by atoms with Gasteiger partial charge in [0.25, 0.3) is 0 Å². The molecule has 0 radical (unpaired) electrons. The third kappa shape index (κ3) is 4.86. The molecule has 1 aliphatic heterocycles. The van der Waals surface area contributed by atoms with Crippen LogP contribution in [0.2, 0.25) is 5.02 Å². The van der Waals surface area contributed by atoms with Crippen LogP contribution < -0.4 is 0 Å². The zero-order valence-electron chi connectivity index (χ0n) is 15.1. The van der Waals surface area contributed by atoms with E-state index in [-0.39, 0.29) is 6.10 Å². The minimum atomic E-state index is -0.203. The maximum atomic E-state index is 5.92. The first-order valence-corrected chi connectivity index (χ1v) is 8.91. The Morgan fingerprint density at radius 2 is 2.00 bits per heavy atom. The first-order chi connectivity index (χ1) is 13.2. The summed E-state index contributed by atoms with van der Waals surface area (Å²) in [6, 6.07) is 15.2. The van der Waals surface area contributed by atoms with Crippen LogP contribution in [-0.2, 0) is 14.5 Å². The highest BCUT2D eigenvalue weighted by Crippen LogP contribution is 2.20. The molecule has 0 N–H and O–H groups in total. The molecule has 2 aromatic rings. The summed E-state index contributed by atoms with van der Waals surface area (Å²) in [7, 11) is 1.50. The van der Waals surface area contributed by atoms with Crippen LogP contribution in [0.5, 0.6) is 0 Å². The summed E-state index contributed by atoms with van der Waals surface area (Å²) < 4.78 is 0. The van der Waals surface area contributed by atoms with Crippen LogP contribution >= 0.6 is 11.6 Å². The first kappa shape index (κ1) is 18.9. The van der Waals surface area contributed by atoms with Gasteiger partial charge < -0.3 is 14.5 Å².